The minimum Gasteiger partial charge on any atom is -0.478 e. The molecule has 0 aliphatic heterocycles. The second-order valence-electron chi connectivity index (χ2n) is 4.27. The van der Waals surface area contributed by atoms with Gasteiger partial charge in [0.1, 0.15) is 0 Å². The molecule has 0 heterocycles. The van der Waals surface area contributed by atoms with Gasteiger partial charge in [-0.05, 0) is 48.7 Å². The lowest BCUT2D eigenvalue weighted by Gasteiger charge is -1.97. The largest absolute Gasteiger partial charge is 0.478 e. The number of aryl methyl sites for hydroxylation is 2. The average molecular weight is 274 g/mol. The SMILES string of the molecule is CCc1cccc(C(=O)O)c1.Cc1cccc(OO)c1. The van der Waals surface area contributed by atoms with Gasteiger partial charge in [0, 0.05) is 0 Å². The number of carbonyl (C=O) groups is 1. The molecule has 0 fully saturated rings. The molecule has 20 heavy (non-hydrogen) atoms. The van der Waals surface area contributed by atoms with Crippen molar-refractivity contribution in [2.24, 2.45) is 0 Å². The molecule has 2 aromatic carbocycles. The predicted octanol–water partition coefficient (Wildman–Crippen LogP) is 3.79. The van der Waals surface area contributed by atoms with Crippen molar-refractivity contribution in [2.45, 2.75) is 20.3 Å². The van der Waals surface area contributed by atoms with Crippen LogP contribution >= 0.6 is 0 Å². The highest BCUT2D eigenvalue weighted by Crippen LogP contribution is 2.10. The topological polar surface area (TPSA) is 66.8 Å². The van der Waals surface area contributed by atoms with Crippen molar-refractivity contribution < 1.29 is 20.0 Å². The summed E-state index contributed by atoms with van der Waals surface area (Å²) in [6, 6.07) is 14.2. The zero-order valence-electron chi connectivity index (χ0n) is 11.5. The maximum Gasteiger partial charge on any atom is 0.335 e. The highest BCUT2D eigenvalue weighted by atomic mass is 17.1. The van der Waals surface area contributed by atoms with E-state index in [0.29, 0.717) is 11.3 Å². The van der Waals surface area contributed by atoms with Crippen LogP contribution in [0.4, 0.5) is 0 Å². The summed E-state index contributed by atoms with van der Waals surface area (Å²) >= 11 is 0. The zero-order chi connectivity index (χ0) is 15.0. The fourth-order valence-corrected chi connectivity index (χ4v) is 1.60. The third kappa shape index (κ3) is 5.12. The maximum atomic E-state index is 10.5. The molecular formula is C16H18O4. The molecule has 0 radical (unpaired) electrons. The van der Waals surface area contributed by atoms with Crippen LogP contribution in [0, 0.1) is 6.92 Å². The first-order chi connectivity index (χ1) is 9.56. The normalized spacial score (nSPS) is 9.35. The molecular weight excluding hydrogens is 256 g/mol. The van der Waals surface area contributed by atoms with Gasteiger partial charge >= 0.3 is 5.97 Å². The van der Waals surface area contributed by atoms with Gasteiger partial charge in [-0.1, -0.05) is 31.2 Å². The number of hydrogen-bond acceptors (Lipinski definition) is 3. The molecule has 0 amide bonds. The van der Waals surface area contributed by atoms with Crippen molar-refractivity contribution in [1.82, 2.24) is 0 Å². The standard InChI is InChI=1S/C9H10O2.C7H8O2/c1-2-7-4-3-5-8(6-7)9(10)11;1-6-3-2-4-7(5-6)9-8/h3-6H,2H2,1H3,(H,10,11);2-5,8H,1H3. The van der Waals surface area contributed by atoms with Gasteiger partial charge in [-0.2, -0.15) is 0 Å². The lowest BCUT2D eigenvalue weighted by molar-refractivity contribution is -0.137. The lowest BCUT2D eigenvalue weighted by Crippen LogP contribution is -1.96. The summed E-state index contributed by atoms with van der Waals surface area (Å²) in [5.41, 5.74) is 2.50. The number of carboxylic acids is 1. The number of aromatic carboxylic acids is 1. The molecule has 0 saturated heterocycles. The Morgan fingerprint density at radius 3 is 2.35 bits per heavy atom. The van der Waals surface area contributed by atoms with Crippen LogP contribution in [0.25, 0.3) is 0 Å². The van der Waals surface area contributed by atoms with Gasteiger partial charge in [-0.15, -0.1) is 0 Å². The summed E-state index contributed by atoms with van der Waals surface area (Å²) in [7, 11) is 0. The Morgan fingerprint density at radius 1 is 1.15 bits per heavy atom. The van der Waals surface area contributed by atoms with Gasteiger partial charge in [-0.3, -0.25) is 0 Å². The van der Waals surface area contributed by atoms with E-state index in [1.54, 1.807) is 30.3 Å². The lowest BCUT2D eigenvalue weighted by atomic mass is 10.1. The Balaban J connectivity index is 0.000000204. The highest BCUT2D eigenvalue weighted by molar-refractivity contribution is 5.87. The Bertz CT molecular complexity index is 564. The van der Waals surface area contributed by atoms with E-state index >= 15 is 0 Å². The van der Waals surface area contributed by atoms with Crippen molar-refractivity contribution in [3.8, 4) is 5.75 Å². The summed E-state index contributed by atoms with van der Waals surface area (Å²) in [5.74, 6) is -0.379. The first kappa shape index (κ1) is 15.7. The van der Waals surface area contributed by atoms with Crippen molar-refractivity contribution in [3.63, 3.8) is 0 Å². The summed E-state index contributed by atoms with van der Waals surface area (Å²) in [6.45, 7) is 3.93. The highest BCUT2D eigenvalue weighted by Gasteiger charge is 2.00. The molecule has 0 aliphatic rings. The van der Waals surface area contributed by atoms with Crippen LogP contribution in [0.1, 0.15) is 28.4 Å². The Morgan fingerprint density at radius 2 is 1.85 bits per heavy atom. The minimum atomic E-state index is -0.861. The number of carboxylic acid groups (broad SMARTS) is 1. The van der Waals surface area contributed by atoms with Crippen molar-refractivity contribution >= 4 is 5.97 Å². The fraction of sp³-hybridized carbons (Fsp3) is 0.188. The Hall–Kier alpha value is -2.33. The van der Waals surface area contributed by atoms with E-state index in [0.717, 1.165) is 17.5 Å². The molecule has 0 aliphatic carbocycles. The van der Waals surface area contributed by atoms with E-state index in [-0.39, 0.29) is 0 Å². The van der Waals surface area contributed by atoms with Gasteiger partial charge in [0.05, 0.1) is 5.56 Å². The monoisotopic (exact) mass is 274 g/mol. The van der Waals surface area contributed by atoms with Gasteiger partial charge in [0.15, 0.2) is 5.75 Å². The smallest absolute Gasteiger partial charge is 0.335 e. The fourth-order valence-electron chi connectivity index (χ4n) is 1.60. The number of rotatable bonds is 3. The van der Waals surface area contributed by atoms with E-state index in [2.05, 4.69) is 4.89 Å². The molecule has 2 rings (SSSR count). The third-order valence-electron chi connectivity index (χ3n) is 2.68. The van der Waals surface area contributed by atoms with Gasteiger partial charge in [0.2, 0.25) is 0 Å². The van der Waals surface area contributed by atoms with Crippen LogP contribution < -0.4 is 4.89 Å². The molecule has 0 aromatic heterocycles. The van der Waals surface area contributed by atoms with E-state index in [1.165, 1.54) is 0 Å². The minimum absolute atomic E-state index is 0.365. The maximum absolute atomic E-state index is 10.5. The van der Waals surface area contributed by atoms with Crippen LogP contribution in [0.15, 0.2) is 48.5 Å². The Labute approximate surface area is 118 Å². The average Bonchev–Trinajstić information content (AvgIpc) is 2.48. The predicted molar refractivity (Wildman–Crippen MR) is 77.2 cm³/mol. The van der Waals surface area contributed by atoms with E-state index < -0.39 is 5.97 Å². The molecule has 2 aromatic rings. The van der Waals surface area contributed by atoms with Crippen LogP contribution in [0.2, 0.25) is 0 Å². The van der Waals surface area contributed by atoms with Crippen molar-refractivity contribution in [3.05, 3.63) is 65.2 Å². The molecule has 0 unspecified atom stereocenters. The molecule has 0 spiro atoms. The molecule has 0 bridgehead atoms. The Kier molecular flexibility index (Phi) is 6.26. The molecule has 106 valence electrons. The van der Waals surface area contributed by atoms with Gasteiger partial charge < -0.3 is 9.99 Å². The van der Waals surface area contributed by atoms with Gasteiger partial charge in [-0.25, -0.2) is 10.1 Å². The van der Waals surface area contributed by atoms with E-state index in [4.69, 9.17) is 10.4 Å². The summed E-state index contributed by atoms with van der Waals surface area (Å²) in [4.78, 5) is 14.5. The second-order valence-corrected chi connectivity index (χ2v) is 4.27. The molecule has 0 atom stereocenters. The van der Waals surface area contributed by atoms with Crippen LogP contribution in [-0.2, 0) is 6.42 Å². The molecule has 2 N–H and O–H groups in total. The van der Waals surface area contributed by atoms with Crippen LogP contribution in [0.5, 0.6) is 5.75 Å². The van der Waals surface area contributed by atoms with Crippen LogP contribution in [0.3, 0.4) is 0 Å². The third-order valence-corrected chi connectivity index (χ3v) is 2.68. The summed E-state index contributed by atoms with van der Waals surface area (Å²) in [5, 5.41) is 16.8. The molecule has 4 heteroatoms. The zero-order valence-corrected chi connectivity index (χ0v) is 11.5. The summed E-state index contributed by atoms with van der Waals surface area (Å²) < 4.78 is 0. The first-order valence-electron chi connectivity index (χ1n) is 6.27. The molecule has 4 nitrogen and oxygen atoms in total. The van der Waals surface area contributed by atoms with E-state index in [1.807, 2.05) is 32.0 Å². The van der Waals surface area contributed by atoms with E-state index in [9.17, 15) is 4.79 Å². The van der Waals surface area contributed by atoms with Crippen LogP contribution in [-0.4, -0.2) is 16.3 Å². The molecule has 0 saturated carbocycles. The second kappa shape index (κ2) is 7.96. The quantitative estimate of drug-likeness (QED) is 0.660. The summed E-state index contributed by atoms with van der Waals surface area (Å²) in [6.07, 6.45) is 0.876. The number of benzene rings is 2. The van der Waals surface area contributed by atoms with Gasteiger partial charge in [0.25, 0.3) is 0 Å². The number of hydrogen-bond donors (Lipinski definition) is 2. The van der Waals surface area contributed by atoms with Crippen molar-refractivity contribution in [2.75, 3.05) is 0 Å². The van der Waals surface area contributed by atoms with Crippen molar-refractivity contribution in [1.29, 1.82) is 0 Å². The first-order valence-corrected chi connectivity index (χ1v) is 6.27.